The summed E-state index contributed by atoms with van der Waals surface area (Å²) in [7, 11) is 0. The molecule has 0 fully saturated rings. The van der Waals surface area contributed by atoms with Crippen LogP contribution >= 0.6 is 0 Å². The molecule has 3 rings (SSSR count). The van der Waals surface area contributed by atoms with Crippen LogP contribution in [0.1, 0.15) is 49.7 Å². The van der Waals surface area contributed by atoms with Crippen molar-refractivity contribution in [3.05, 3.63) is 46.9 Å². The Labute approximate surface area is 168 Å². The standard InChI is InChI=1S/C21H25F3N4O/c1-13-9-16-15(26-19(13)27-18(29)10-20(2,3)4)7-8-28(16)12-14-5-6-17(25-11-14)21(22,23)24/h5-6,9,11H,7-8,10,12H2,1-4H3,(H,26,27,29). The van der Waals surface area contributed by atoms with Crippen molar-refractivity contribution in [1.82, 2.24) is 9.97 Å². The van der Waals surface area contributed by atoms with Crippen LogP contribution < -0.4 is 10.2 Å². The second kappa shape index (κ2) is 7.65. The highest BCUT2D eigenvalue weighted by Crippen LogP contribution is 2.32. The molecule has 1 aliphatic heterocycles. The number of pyridine rings is 2. The van der Waals surface area contributed by atoms with E-state index in [1.165, 1.54) is 12.3 Å². The number of alkyl halides is 3. The molecule has 156 valence electrons. The fourth-order valence-electron chi connectivity index (χ4n) is 3.31. The summed E-state index contributed by atoms with van der Waals surface area (Å²) in [6, 6.07) is 4.43. The third-order valence-corrected chi connectivity index (χ3v) is 4.67. The number of hydrogen-bond donors (Lipinski definition) is 1. The monoisotopic (exact) mass is 406 g/mol. The van der Waals surface area contributed by atoms with Crippen LogP contribution in [0.3, 0.4) is 0 Å². The lowest BCUT2D eigenvalue weighted by molar-refractivity contribution is -0.141. The predicted molar refractivity (Wildman–Crippen MR) is 106 cm³/mol. The Bertz CT molecular complexity index is 902. The van der Waals surface area contributed by atoms with E-state index >= 15 is 0 Å². The topological polar surface area (TPSA) is 58.1 Å². The molecule has 1 amide bonds. The van der Waals surface area contributed by atoms with Gasteiger partial charge in [0.2, 0.25) is 5.91 Å². The molecule has 5 nitrogen and oxygen atoms in total. The normalized spacial score (nSPS) is 14.1. The molecule has 0 aromatic carbocycles. The molecule has 29 heavy (non-hydrogen) atoms. The Balaban J connectivity index is 1.73. The SMILES string of the molecule is Cc1cc2c(nc1NC(=O)CC(C)(C)C)CCN2Cc1ccc(C(F)(F)F)nc1. The van der Waals surface area contributed by atoms with Crippen molar-refractivity contribution in [1.29, 1.82) is 0 Å². The minimum absolute atomic E-state index is 0.0706. The van der Waals surface area contributed by atoms with E-state index in [0.29, 0.717) is 37.3 Å². The van der Waals surface area contributed by atoms with Gasteiger partial charge in [0.25, 0.3) is 0 Å². The van der Waals surface area contributed by atoms with Crippen molar-refractivity contribution in [3.8, 4) is 0 Å². The van der Waals surface area contributed by atoms with Gasteiger partial charge >= 0.3 is 6.18 Å². The second-order valence-electron chi connectivity index (χ2n) is 8.63. The van der Waals surface area contributed by atoms with E-state index in [1.54, 1.807) is 0 Å². The maximum Gasteiger partial charge on any atom is 0.433 e. The number of rotatable bonds is 4. The summed E-state index contributed by atoms with van der Waals surface area (Å²) >= 11 is 0. The van der Waals surface area contributed by atoms with Gasteiger partial charge in [-0.3, -0.25) is 9.78 Å². The first-order chi connectivity index (χ1) is 13.4. The Morgan fingerprint density at radius 2 is 1.97 bits per heavy atom. The van der Waals surface area contributed by atoms with Gasteiger partial charge in [0.1, 0.15) is 11.5 Å². The van der Waals surface area contributed by atoms with Crippen LogP contribution in [0.4, 0.5) is 24.7 Å². The molecule has 8 heteroatoms. The number of amides is 1. The lowest BCUT2D eigenvalue weighted by Crippen LogP contribution is -2.21. The largest absolute Gasteiger partial charge is 0.433 e. The van der Waals surface area contributed by atoms with Gasteiger partial charge in [0.05, 0.1) is 11.4 Å². The van der Waals surface area contributed by atoms with E-state index in [-0.39, 0.29) is 11.3 Å². The average molecular weight is 406 g/mol. The van der Waals surface area contributed by atoms with Gasteiger partial charge in [-0.1, -0.05) is 26.8 Å². The number of hydrogen-bond acceptors (Lipinski definition) is 4. The Hall–Kier alpha value is -2.64. The average Bonchev–Trinajstić information content (AvgIpc) is 2.95. The molecule has 0 aliphatic carbocycles. The highest BCUT2D eigenvalue weighted by Gasteiger charge is 2.32. The summed E-state index contributed by atoms with van der Waals surface area (Å²) in [5.41, 5.74) is 2.37. The van der Waals surface area contributed by atoms with Gasteiger partial charge in [0.15, 0.2) is 0 Å². The van der Waals surface area contributed by atoms with Crippen molar-refractivity contribution < 1.29 is 18.0 Å². The molecule has 0 saturated heterocycles. The van der Waals surface area contributed by atoms with Gasteiger partial charge < -0.3 is 10.2 Å². The second-order valence-corrected chi connectivity index (χ2v) is 8.63. The van der Waals surface area contributed by atoms with E-state index in [1.807, 2.05) is 33.8 Å². The Kier molecular flexibility index (Phi) is 5.56. The summed E-state index contributed by atoms with van der Waals surface area (Å²) in [5, 5.41) is 2.90. The zero-order valence-electron chi connectivity index (χ0n) is 17.0. The minimum atomic E-state index is -4.44. The fourth-order valence-corrected chi connectivity index (χ4v) is 3.31. The van der Waals surface area contributed by atoms with E-state index in [2.05, 4.69) is 20.2 Å². The molecule has 2 aromatic rings. The van der Waals surface area contributed by atoms with Gasteiger partial charge in [-0.25, -0.2) is 4.98 Å². The van der Waals surface area contributed by atoms with Crippen molar-refractivity contribution in [2.45, 2.75) is 53.3 Å². The minimum Gasteiger partial charge on any atom is -0.365 e. The summed E-state index contributed by atoms with van der Waals surface area (Å²) in [6.45, 7) is 9.06. The maximum absolute atomic E-state index is 12.7. The summed E-state index contributed by atoms with van der Waals surface area (Å²) in [5.74, 6) is 0.495. The zero-order chi connectivity index (χ0) is 21.4. The summed E-state index contributed by atoms with van der Waals surface area (Å²) in [4.78, 5) is 22.5. The smallest absolute Gasteiger partial charge is 0.365 e. The highest BCUT2D eigenvalue weighted by atomic mass is 19.4. The van der Waals surface area contributed by atoms with Gasteiger partial charge in [-0.15, -0.1) is 0 Å². The Morgan fingerprint density at radius 3 is 2.55 bits per heavy atom. The summed E-state index contributed by atoms with van der Waals surface area (Å²) in [6.07, 6.45) is -2.06. The van der Waals surface area contributed by atoms with Crippen LogP contribution in [0.5, 0.6) is 0 Å². The molecule has 1 N–H and O–H groups in total. The van der Waals surface area contributed by atoms with Crippen molar-refractivity contribution in [3.63, 3.8) is 0 Å². The molecular formula is C21H25F3N4O. The summed E-state index contributed by atoms with van der Waals surface area (Å²) < 4.78 is 38.0. The van der Waals surface area contributed by atoms with Gasteiger partial charge in [-0.2, -0.15) is 13.2 Å². The third kappa shape index (κ3) is 5.25. The van der Waals surface area contributed by atoms with E-state index in [4.69, 9.17) is 0 Å². The number of nitrogens with one attached hydrogen (secondary N) is 1. The number of aromatic nitrogens is 2. The molecule has 0 saturated carbocycles. The van der Waals surface area contributed by atoms with Crippen molar-refractivity contribution >= 4 is 17.4 Å². The molecule has 0 bridgehead atoms. The number of nitrogens with zero attached hydrogens (tertiary/aromatic N) is 3. The van der Waals surface area contributed by atoms with Crippen LogP contribution in [0.2, 0.25) is 0 Å². The van der Waals surface area contributed by atoms with Crippen LogP contribution in [0.25, 0.3) is 0 Å². The number of fused-ring (bicyclic) bond motifs is 1. The maximum atomic E-state index is 12.7. The molecule has 0 unspecified atom stereocenters. The number of carbonyl (C=O) groups is 1. The predicted octanol–water partition coefficient (Wildman–Crippen LogP) is 4.74. The number of anilines is 2. The lowest BCUT2D eigenvalue weighted by Gasteiger charge is -2.21. The van der Waals surface area contributed by atoms with Crippen LogP contribution in [-0.2, 0) is 23.9 Å². The van der Waals surface area contributed by atoms with Gasteiger partial charge in [0, 0.05) is 32.1 Å². The van der Waals surface area contributed by atoms with E-state index in [0.717, 1.165) is 23.0 Å². The first-order valence-corrected chi connectivity index (χ1v) is 9.50. The Morgan fingerprint density at radius 1 is 1.24 bits per heavy atom. The van der Waals surface area contributed by atoms with Crippen molar-refractivity contribution in [2.75, 3.05) is 16.8 Å². The van der Waals surface area contributed by atoms with Crippen LogP contribution in [-0.4, -0.2) is 22.4 Å². The highest BCUT2D eigenvalue weighted by molar-refractivity contribution is 5.91. The quantitative estimate of drug-likeness (QED) is 0.797. The van der Waals surface area contributed by atoms with E-state index < -0.39 is 11.9 Å². The molecule has 3 heterocycles. The lowest BCUT2D eigenvalue weighted by atomic mass is 9.92. The first kappa shape index (κ1) is 21.1. The number of aryl methyl sites for hydroxylation is 1. The number of carbonyl (C=O) groups excluding carboxylic acids is 1. The molecule has 0 radical (unpaired) electrons. The van der Waals surface area contributed by atoms with Gasteiger partial charge in [-0.05, 0) is 35.6 Å². The van der Waals surface area contributed by atoms with E-state index in [9.17, 15) is 18.0 Å². The molecule has 1 aliphatic rings. The van der Waals surface area contributed by atoms with Crippen molar-refractivity contribution in [2.24, 2.45) is 5.41 Å². The fraction of sp³-hybridized carbons (Fsp3) is 0.476. The molecule has 0 spiro atoms. The van der Waals surface area contributed by atoms with Crippen LogP contribution in [0, 0.1) is 12.3 Å². The first-order valence-electron chi connectivity index (χ1n) is 9.50. The molecular weight excluding hydrogens is 381 g/mol. The molecule has 2 aromatic heterocycles. The number of halogens is 3. The third-order valence-electron chi connectivity index (χ3n) is 4.67. The molecule has 0 atom stereocenters. The van der Waals surface area contributed by atoms with Crippen LogP contribution in [0.15, 0.2) is 24.4 Å². The zero-order valence-corrected chi connectivity index (χ0v) is 17.0.